The van der Waals surface area contributed by atoms with Gasteiger partial charge >= 0.3 is 0 Å². The molecule has 0 amide bonds. The third kappa shape index (κ3) is 3.76. The van der Waals surface area contributed by atoms with Gasteiger partial charge in [0, 0.05) is 0 Å². The molecule has 0 aliphatic carbocycles. The second-order valence-electron chi connectivity index (χ2n) is 1.92. The van der Waals surface area contributed by atoms with Crippen LogP contribution in [0.4, 0.5) is 0 Å². The molecule has 2 nitrogen and oxygen atoms in total. The van der Waals surface area contributed by atoms with Gasteiger partial charge in [0.1, 0.15) is 0 Å². The Bertz CT molecular complexity index is 37.1. The molecule has 0 aromatic carbocycles. The lowest BCUT2D eigenvalue weighted by molar-refractivity contribution is 0.553. The van der Waals surface area contributed by atoms with Crippen molar-refractivity contribution in [1.82, 2.24) is 0 Å². The summed E-state index contributed by atoms with van der Waals surface area (Å²) in [4.78, 5) is 0. The van der Waals surface area contributed by atoms with E-state index in [2.05, 4.69) is 6.92 Å². The first kappa shape index (κ1) is 6.92. The van der Waals surface area contributed by atoms with Crippen LogP contribution < -0.4 is 11.5 Å². The summed E-state index contributed by atoms with van der Waals surface area (Å²) in [5, 5.41) is 0. The summed E-state index contributed by atoms with van der Waals surface area (Å²) < 4.78 is 0. The summed E-state index contributed by atoms with van der Waals surface area (Å²) >= 11 is 0. The van der Waals surface area contributed by atoms with E-state index in [4.69, 9.17) is 11.5 Å². The number of rotatable bonds is 3. The van der Waals surface area contributed by atoms with Gasteiger partial charge in [0.15, 0.2) is 0 Å². The van der Waals surface area contributed by atoms with Crippen LogP contribution in [-0.4, -0.2) is 13.1 Å². The summed E-state index contributed by atoms with van der Waals surface area (Å²) in [5.41, 5.74) is 10.6. The Morgan fingerprint density at radius 2 is 2.00 bits per heavy atom. The van der Waals surface area contributed by atoms with Crippen LogP contribution in [-0.2, 0) is 0 Å². The molecule has 0 aromatic heterocycles. The second-order valence-corrected chi connectivity index (χ2v) is 1.92. The van der Waals surface area contributed by atoms with Crippen LogP contribution in [0.3, 0.4) is 0 Å². The molecule has 0 fully saturated rings. The van der Waals surface area contributed by atoms with Crippen LogP contribution >= 0.6 is 0 Å². The normalized spacial score (nSPS) is 14.1. The van der Waals surface area contributed by atoms with E-state index < -0.39 is 0 Å². The van der Waals surface area contributed by atoms with E-state index in [1.54, 1.807) is 0 Å². The van der Waals surface area contributed by atoms with Gasteiger partial charge in [-0.2, -0.15) is 0 Å². The number of nitrogens with two attached hydrogens (primary N) is 2. The Hall–Kier alpha value is -0.0800. The van der Waals surface area contributed by atoms with Crippen molar-refractivity contribution in [2.45, 2.75) is 13.3 Å². The summed E-state index contributed by atoms with van der Waals surface area (Å²) in [7, 11) is 0. The zero-order valence-corrected chi connectivity index (χ0v) is 4.85. The minimum atomic E-state index is 0.602. The van der Waals surface area contributed by atoms with Gasteiger partial charge in [-0.15, -0.1) is 0 Å². The molecule has 0 rings (SSSR count). The maximum absolute atomic E-state index is 5.30. The topological polar surface area (TPSA) is 52.0 Å². The van der Waals surface area contributed by atoms with Gasteiger partial charge in [0.25, 0.3) is 0 Å². The van der Waals surface area contributed by atoms with Crippen LogP contribution in [0.25, 0.3) is 0 Å². The summed E-state index contributed by atoms with van der Waals surface area (Å²) in [5.74, 6) is 0.602. The van der Waals surface area contributed by atoms with E-state index in [-0.39, 0.29) is 0 Å². The van der Waals surface area contributed by atoms with Crippen LogP contribution in [0.15, 0.2) is 0 Å². The average molecular weight is 102 g/mol. The fourth-order valence-electron chi connectivity index (χ4n) is 0.402. The van der Waals surface area contributed by atoms with Crippen molar-refractivity contribution in [1.29, 1.82) is 0 Å². The van der Waals surface area contributed by atoms with E-state index in [0.29, 0.717) is 5.92 Å². The van der Waals surface area contributed by atoms with E-state index in [1.807, 2.05) is 0 Å². The van der Waals surface area contributed by atoms with Gasteiger partial charge in [0.05, 0.1) is 0 Å². The highest BCUT2D eigenvalue weighted by molar-refractivity contribution is 4.51. The molecule has 0 heterocycles. The molecule has 7 heavy (non-hydrogen) atoms. The number of hydrogen-bond donors (Lipinski definition) is 2. The quantitative estimate of drug-likeness (QED) is 0.524. The zero-order chi connectivity index (χ0) is 5.70. The van der Waals surface area contributed by atoms with Gasteiger partial charge in [-0.1, -0.05) is 6.92 Å². The van der Waals surface area contributed by atoms with Crippen molar-refractivity contribution < 1.29 is 0 Å². The first-order chi connectivity index (χ1) is 3.31. The minimum absolute atomic E-state index is 0.602. The van der Waals surface area contributed by atoms with Crippen molar-refractivity contribution in [2.24, 2.45) is 17.4 Å². The van der Waals surface area contributed by atoms with Gasteiger partial charge in [-0.3, -0.25) is 0 Å². The van der Waals surface area contributed by atoms with Crippen molar-refractivity contribution in [3.63, 3.8) is 0 Å². The first-order valence-electron chi connectivity index (χ1n) is 2.71. The summed E-state index contributed by atoms with van der Waals surface area (Å²) in [6, 6.07) is 0. The van der Waals surface area contributed by atoms with Crippen molar-refractivity contribution in [2.75, 3.05) is 13.1 Å². The maximum Gasteiger partial charge on any atom is -0.00510 e. The molecule has 0 aliphatic rings. The highest BCUT2D eigenvalue weighted by Gasteiger charge is 1.93. The molecule has 0 radical (unpaired) electrons. The van der Waals surface area contributed by atoms with E-state index in [0.717, 1.165) is 19.5 Å². The third-order valence-electron chi connectivity index (χ3n) is 1.06. The van der Waals surface area contributed by atoms with Gasteiger partial charge in [0.2, 0.25) is 0 Å². The standard InChI is InChI=1S/C5H14N2/c1-5(4-7)2-3-6/h5H,2-4,6-7H2,1H3. The van der Waals surface area contributed by atoms with Crippen molar-refractivity contribution in [3.05, 3.63) is 0 Å². The molecular weight excluding hydrogens is 88.1 g/mol. The fraction of sp³-hybridized carbons (Fsp3) is 1.00. The largest absolute Gasteiger partial charge is 0.330 e. The Balaban J connectivity index is 2.83. The van der Waals surface area contributed by atoms with Crippen molar-refractivity contribution in [3.8, 4) is 0 Å². The van der Waals surface area contributed by atoms with Gasteiger partial charge in [-0.25, -0.2) is 0 Å². The first-order valence-corrected chi connectivity index (χ1v) is 2.71. The smallest absolute Gasteiger partial charge is 0.00510 e. The molecular formula is C5H14N2. The summed E-state index contributed by atoms with van der Waals surface area (Å²) in [6.45, 7) is 3.63. The van der Waals surface area contributed by atoms with Crippen LogP contribution in [0.1, 0.15) is 13.3 Å². The second kappa shape index (κ2) is 4.09. The van der Waals surface area contributed by atoms with E-state index >= 15 is 0 Å². The van der Waals surface area contributed by atoms with Crippen LogP contribution in [0.5, 0.6) is 0 Å². The highest BCUT2D eigenvalue weighted by atomic mass is 14.6. The van der Waals surface area contributed by atoms with E-state index in [1.165, 1.54) is 0 Å². The van der Waals surface area contributed by atoms with Crippen LogP contribution in [0.2, 0.25) is 0 Å². The molecule has 0 bridgehead atoms. The Labute approximate surface area is 44.9 Å². The average Bonchev–Trinajstić information content (AvgIpc) is 1.68. The van der Waals surface area contributed by atoms with Gasteiger partial charge in [-0.05, 0) is 25.4 Å². The summed E-state index contributed by atoms with van der Waals surface area (Å²) in [6.07, 6.45) is 1.05. The van der Waals surface area contributed by atoms with E-state index in [9.17, 15) is 0 Å². The fourth-order valence-corrected chi connectivity index (χ4v) is 0.402. The van der Waals surface area contributed by atoms with Gasteiger partial charge < -0.3 is 11.5 Å². The molecule has 0 saturated carbocycles. The predicted molar refractivity (Wildman–Crippen MR) is 31.9 cm³/mol. The molecule has 1 atom stereocenters. The Morgan fingerprint density at radius 1 is 1.43 bits per heavy atom. The van der Waals surface area contributed by atoms with Crippen LogP contribution in [0, 0.1) is 5.92 Å². The van der Waals surface area contributed by atoms with Crippen molar-refractivity contribution >= 4 is 0 Å². The lowest BCUT2D eigenvalue weighted by Gasteiger charge is -2.02. The monoisotopic (exact) mass is 102 g/mol. The molecule has 44 valence electrons. The molecule has 0 aliphatic heterocycles. The number of hydrogen-bond acceptors (Lipinski definition) is 2. The Morgan fingerprint density at radius 3 is 2.14 bits per heavy atom. The minimum Gasteiger partial charge on any atom is -0.330 e. The molecule has 0 spiro atoms. The molecule has 2 heteroatoms. The predicted octanol–water partition coefficient (Wildman–Crippen LogP) is -0.0700. The third-order valence-corrected chi connectivity index (χ3v) is 1.06. The molecule has 0 saturated heterocycles. The lowest BCUT2D eigenvalue weighted by atomic mass is 10.1. The highest BCUT2D eigenvalue weighted by Crippen LogP contribution is 1.93. The Kier molecular flexibility index (Phi) is 4.04. The lowest BCUT2D eigenvalue weighted by Crippen LogP contribution is -2.14. The molecule has 0 aromatic rings. The maximum atomic E-state index is 5.30. The zero-order valence-electron chi connectivity index (χ0n) is 4.85. The SMILES string of the molecule is CC(CN)CCN. The molecule has 1 unspecified atom stereocenters. The molecule has 4 N–H and O–H groups in total.